The zero-order chi connectivity index (χ0) is 17.1. The Morgan fingerprint density at radius 2 is 1.87 bits per heavy atom. The Labute approximate surface area is 135 Å². The Morgan fingerprint density at radius 3 is 2.48 bits per heavy atom. The van der Waals surface area contributed by atoms with Crippen LogP contribution in [0.2, 0.25) is 5.02 Å². The van der Waals surface area contributed by atoms with Gasteiger partial charge in [-0.25, -0.2) is 0 Å². The molecule has 118 valence electrons. The molecular formula is C15H10ClN2O5-. The lowest BCUT2D eigenvalue weighted by molar-refractivity contribution is -0.384. The third kappa shape index (κ3) is 3.46. The molecule has 0 radical (unpaired) electrons. The highest BCUT2D eigenvalue weighted by Crippen LogP contribution is 2.24. The minimum atomic E-state index is -1.37. The molecule has 23 heavy (non-hydrogen) atoms. The molecule has 1 N–H and O–H groups in total. The van der Waals surface area contributed by atoms with Gasteiger partial charge in [-0.05, 0) is 24.6 Å². The quantitative estimate of drug-likeness (QED) is 0.680. The molecular weight excluding hydrogens is 324 g/mol. The zero-order valence-electron chi connectivity index (χ0n) is 11.8. The summed E-state index contributed by atoms with van der Waals surface area (Å²) >= 11 is 5.90. The molecule has 0 atom stereocenters. The highest BCUT2D eigenvalue weighted by atomic mass is 35.5. The number of nitrogens with one attached hydrogen (secondary N) is 1. The third-order valence-electron chi connectivity index (χ3n) is 3.21. The van der Waals surface area contributed by atoms with E-state index >= 15 is 0 Å². The summed E-state index contributed by atoms with van der Waals surface area (Å²) in [5.74, 6) is -2.05. The summed E-state index contributed by atoms with van der Waals surface area (Å²) in [6.07, 6.45) is 0. The number of halogens is 1. The predicted molar refractivity (Wildman–Crippen MR) is 81.6 cm³/mol. The normalized spacial score (nSPS) is 10.2. The lowest BCUT2D eigenvalue weighted by atomic mass is 10.1. The average Bonchev–Trinajstić information content (AvgIpc) is 2.49. The summed E-state index contributed by atoms with van der Waals surface area (Å²) in [7, 11) is 0. The summed E-state index contributed by atoms with van der Waals surface area (Å²) in [5, 5.41) is 24.3. The van der Waals surface area contributed by atoms with Gasteiger partial charge in [0.1, 0.15) is 0 Å². The Kier molecular flexibility index (Phi) is 4.61. The third-order valence-corrected chi connectivity index (χ3v) is 3.54. The highest BCUT2D eigenvalue weighted by molar-refractivity contribution is 6.34. The smallest absolute Gasteiger partial charge is 0.270 e. The van der Waals surface area contributed by atoms with Gasteiger partial charge in [-0.1, -0.05) is 23.7 Å². The minimum absolute atomic E-state index is 0.0433. The van der Waals surface area contributed by atoms with E-state index in [0.29, 0.717) is 5.56 Å². The summed E-state index contributed by atoms with van der Waals surface area (Å²) in [4.78, 5) is 33.4. The van der Waals surface area contributed by atoms with Gasteiger partial charge in [0.15, 0.2) is 0 Å². The fourth-order valence-corrected chi connectivity index (χ4v) is 2.19. The van der Waals surface area contributed by atoms with E-state index in [2.05, 4.69) is 5.32 Å². The van der Waals surface area contributed by atoms with Gasteiger partial charge in [0.05, 0.1) is 21.5 Å². The van der Waals surface area contributed by atoms with Crippen LogP contribution in [0.25, 0.3) is 0 Å². The van der Waals surface area contributed by atoms with Crippen molar-refractivity contribution in [1.29, 1.82) is 0 Å². The predicted octanol–water partition coefficient (Wildman–Crippen LogP) is 2.17. The second kappa shape index (κ2) is 6.45. The van der Waals surface area contributed by atoms with Crippen LogP contribution in [0.4, 0.5) is 11.4 Å². The van der Waals surface area contributed by atoms with Crippen molar-refractivity contribution in [2.24, 2.45) is 0 Å². The molecule has 0 bridgehead atoms. The number of carbonyl (C=O) groups excluding carboxylic acids is 2. The molecule has 7 nitrogen and oxygen atoms in total. The molecule has 8 heteroatoms. The van der Waals surface area contributed by atoms with Gasteiger partial charge in [-0.15, -0.1) is 0 Å². The molecule has 2 aromatic carbocycles. The maximum atomic E-state index is 12.3. The van der Waals surface area contributed by atoms with Gasteiger partial charge in [0, 0.05) is 23.4 Å². The van der Waals surface area contributed by atoms with Crippen molar-refractivity contribution in [3.8, 4) is 0 Å². The number of aromatic carboxylic acids is 1. The Morgan fingerprint density at radius 1 is 1.17 bits per heavy atom. The largest absolute Gasteiger partial charge is 0.545 e. The van der Waals surface area contributed by atoms with Crippen LogP contribution in [0.3, 0.4) is 0 Å². The summed E-state index contributed by atoms with van der Waals surface area (Å²) in [6, 6.07) is 7.78. The summed E-state index contributed by atoms with van der Waals surface area (Å²) in [5.41, 5.74) is 0.133. The van der Waals surface area contributed by atoms with Crippen molar-refractivity contribution in [1.82, 2.24) is 0 Å². The number of carboxylic acid groups (broad SMARTS) is 1. The van der Waals surface area contributed by atoms with Crippen molar-refractivity contribution < 1.29 is 19.6 Å². The Hall–Kier alpha value is -2.93. The second-order valence-corrected chi connectivity index (χ2v) is 5.05. The van der Waals surface area contributed by atoms with Crippen LogP contribution in [-0.4, -0.2) is 16.8 Å². The lowest BCUT2D eigenvalue weighted by Crippen LogP contribution is -2.24. The van der Waals surface area contributed by atoms with E-state index in [0.717, 1.165) is 6.07 Å². The summed E-state index contributed by atoms with van der Waals surface area (Å²) < 4.78 is 0. The van der Waals surface area contributed by atoms with Crippen molar-refractivity contribution >= 4 is 34.9 Å². The molecule has 0 aliphatic rings. The average molecular weight is 334 g/mol. The SMILES string of the molecule is Cc1c(NC(=O)c2cc([N+](=O)[O-])ccc2Cl)cccc1C(=O)[O-]. The van der Waals surface area contributed by atoms with E-state index in [1.54, 1.807) is 0 Å². The first-order valence-corrected chi connectivity index (χ1v) is 6.75. The molecule has 0 unspecified atom stereocenters. The molecule has 0 aliphatic heterocycles. The Bertz CT molecular complexity index is 820. The molecule has 0 saturated heterocycles. The minimum Gasteiger partial charge on any atom is -0.545 e. The van der Waals surface area contributed by atoms with Crippen LogP contribution < -0.4 is 10.4 Å². The fourth-order valence-electron chi connectivity index (χ4n) is 1.98. The highest BCUT2D eigenvalue weighted by Gasteiger charge is 2.17. The number of rotatable bonds is 4. The van der Waals surface area contributed by atoms with Gasteiger partial charge in [0.25, 0.3) is 11.6 Å². The van der Waals surface area contributed by atoms with E-state index in [-0.39, 0.29) is 27.5 Å². The fraction of sp³-hybridized carbons (Fsp3) is 0.0667. The first kappa shape index (κ1) is 16.4. The zero-order valence-corrected chi connectivity index (χ0v) is 12.6. The molecule has 2 aromatic rings. The number of carbonyl (C=O) groups is 2. The number of amides is 1. The first-order valence-electron chi connectivity index (χ1n) is 6.37. The van der Waals surface area contributed by atoms with E-state index < -0.39 is 16.8 Å². The Balaban J connectivity index is 2.37. The van der Waals surface area contributed by atoms with Crippen LogP contribution in [-0.2, 0) is 0 Å². The van der Waals surface area contributed by atoms with Gasteiger partial charge in [-0.2, -0.15) is 0 Å². The molecule has 0 fully saturated rings. The number of nitrogens with zero attached hydrogens (tertiary/aromatic N) is 1. The lowest BCUT2D eigenvalue weighted by Gasteiger charge is -2.13. The van der Waals surface area contributed by atoms with E-state index in [4.69, 9.17) is 11.6 Å². The van der Waals surface area contributed by atoms with Crippen molar-refractivity contribution in [3.05, 3.63) is 68.2 Å². The molecule has 0 aromatic heterocycles. The van der Waals surface area contributed by atoms with Gasteiger partial charge in [-0.3, -0.25) is 14.9 Å². The van der Waals surface area contributed by atoms with Crippen molar-refractivity contribution in [2.75, 3.05) is 5.32 Å². The standard InChI is InChI=1S/C15H11ClN2O5/c1-8-10(15(20)21)3-2-4-13(8)17-14(19)11-7-9(18(22)23)5-6-12(11)16/h2-7H,1H3,(H,17,19)(H,20,21)/p-1. The van der Waals surface area contributed by atoms with Crippen molar-refractivity contribution in [2.45, 2.75) is 6.92 Å². The number of benzene rings is 2. The number of non-ortho nitro benzene ring substituents is 1. The van der Waals surface area contributed by atoms with Crippen LogP contribution in [0.5, 0.6) is 0 Å². The maximum absolute atomic E-state index is 12.3. The number of nitro groups is 1. The van der Waals surface area contributed by atoms with Crippen LogP contribution >= 0.6 is 11.6 Å². The number of hydrogen-bond acceptors (Lipinski definition) is 5. The van der Waals surface area contributed by atoms with Gasteiger partial charge in [0.2, 0.25) is 0 Å². The molecule has 0 spiro atoms. The molecule has 0 saturated carbocycles. The van der Waals surface area contributed by atoms with Crippen LogP contribution in [0.15, 0.2) is 36.4 Å². The second-order valence-electron chi connectivity index (χ2n) is 4.64. The van der Waals surface area contributed by atoms with Gasteiger partial charge < -0.3 is 15.2 Å². The van der Waals surface area contributed by atoms with Crippen molar-refractivity contribution in [3.63, 3.8) is 0 Å². The van der Waals surface area contributed by atoms with E-state index in [1.807, 2.05) is 0 Å². The maximum Gasteiger partial charge on any atom is 0.270 e. The van der Waals surface area contributed by atoms with Crippen LogP contribution in [0, 0.1) is 17.0 Å². The number of carboxylic acids is 1. The monoisotopic (exact) mass is 333 g/mol. The number of anilines is 1. The topological polar surface area (TPSA) is 112 Å². The first-order chi connectivity index (χ1) is 10.8. The molecule has 0 aliphatic carbocycles. The number of hydrogen-bond donors (Lipinski definition) is 1. The summed E-state index contributed by atoms with van der Waals surface area (Å²) in [6.45, 7) is 1.51. The van der Waals surface area contributed by atoms with Gasteiger partial charge >= 0.3 is 0 Å². The number of nitro benzene ring substituents is 1. The molecule has 2 rings (SSSR count). The van der Waals surface area contributed by atoms with E-state index in [9.17, 15) is 24.8 Å². The molecule has 1 amide bonds. The van der Waals surface area contributed by atoms with Crippen LogP contribution in [0.1, 0.15) is 26.3 Å². The van der Waals surface area contributed by atoms with E-state index in [1.165, 1.54) is 37.3 Å². The molecule has 0 heterocycles.